The summed E-state index contributed by atoms with van der Waals surface area (Å²) in [5, 5.41) is 0. The van der Waals surface area contributed by atoms with Crippen LogP contribution in [0.3, 0.4) is 0 Å². The number of hydrogen-bond donors (Lipinski definition) is 0. The third-order valence-corrected chi connectivity index (χ3v) is 2.41. The summed E-state index contributed by atoms with van der Waals surface area (Å²) < 4.78 is 9.90. The number of hydrogen-bond acceptors (Lipinski definition) is 4. The summed E-state index contributed by atoms with van der Waals surface area (Å²) in [6.07, 6.45) is 2.56. The van der Waals surface area contributed by atoms with Crippen molar-refractivity contribution in [2.75, 3.05) is 6.61 Å². The second kappa shape index (κ2) is 8.08. The van der Waals surface area contributed by atoms with Crippen LogP contribution in [0.4, 0.5) is 0 Å². The van der Waals surface area contributed by atoms with Gasteiger partial charge in [-0.25, -0.2) is 9.59 Å². The molecule has 0 aliphatic rings. The van der Waals surface area contributed by atoms with E-state index in [1.807, 2.05) is 30.3 Å². The Labute approximate surface area is 113 Å². The van der Waals surface area contributed by atoms with E-state index in [2.05, 4.69) is 0 Å². The minimum absolute atomic E-state index is 0.272. The molecule has 0 saturated carbocycles. The van der Waals surface area contributed by atoms with E-state index in [1.54, 1.807) is 13.0 Å². The molecule has 0 bridgehead atoms. The van der Waals surface area contributed by atoms with Crippen molar-refractivity contribution in [1.82, 2.24) is 0 Å². The van der Waals surface area contributed by atoms with Gasteiger partial charge in [-0.15, -0.1) is 0 Å². The molecule has 0 fully saturated rings. The smallest absolute Gasteiger partial charge is 0.347 e. The van der Waals surface area contributed by atoms with Gasteiger partial charge < -0.3 is 9.47 Å². The summed E-state index contributed by atoms with van der Waals surface area (Å²) in [6.45, 7) is 3.46. The summed E-state index contributed by atoms with van der Waals surface area (Å²) in [4.78, 5) is 22.7. The van der Waals surface area contributed by atoms with Crippen LogP contribution in [0.1, 0.15) is 19.4 Å². The van der Waals surface area contributed by atoms with E-state index in [9.17, 15) is 9.59 Å². The van der Waals surface area contributed by atoms with Gasteiger partial charge in [0.05, 0.1) is 6.61 Å². The molecule has 1 atom stereocenters. The van der Waals surface area contributed by atoms with Crippen LogP contribution in [0.15, 0.2) is 42.5 Å². The number of rotatable bonds is 6. The fourth-order valence-electron chi connectivity index (χ4n) is 1.43. The van der Waals surface area contributed by atoms with Crippen LogP contribution in [0.5, 0.6) is 0 Å². The first-order valence-corrected chi connectivity index (χ1v) is 6.17. The summed E-state index contributed by atoms with van der Waals surface area (Å²) in [7, 11) is 0. The molecular weight excluding hydrogens is 244 g/mol. The number of ether oxygens (including phenoxy) is 2. The van der Waals surface area contributed by atoms with E-state index in [4.69, 9.17) is 9.47 Å². The Balaban J connectivity index is 2.29. The summed E-state index contributed by atoms with van der Waals surface area (Å²) in [5.41, 5.74) is 1.09. The van der Waals surface area contributed by atoms with Gasteiger partial charge in [0, 0.05) is 12.5 Å². The van der Waals surface area contributed by atoms with Gasteiger partial charge in [0.25, 0.3) is 0 Å². The highest BCUT2D eigenvalue weighted by atomic mass is 16.6. The molecule has 102 valence electrons. The normalized spacial score (nSPS) is 12.1. The predicted molar refractivity (Wildman–Crippen MR) is 71.5 cm³/mol. The maximum absolute atomic E-state index is 11.5. The summed E-state index contributed by atoms with van der Waals surface area (Å²) in [6, 6.07) is 9.71. The molecule has 0 saturated heterocycles. The second-order valence-corrected chi connectivity index (χ2v) is 3.98. The third-order valence-electron chi connectivity index (χ3n) is 2.41. The average Bonchev–Trinajstić information content (AvgIpc) is 2.40. The molecule has 0 aliphatic heterocycles. The molecule has 19 heavy (non-hydrogen) atoms. The number of carbonyl (C=O) groups is 2. The first kappa shape index (κ1) is 15.0. The fraction of sp³-hybridized carbons (Fsp3) is 0.333. The first-order valence-electron chi connectivity index (χ1n) is 6.17. The number of allylic oxidation sites excluding steroid dienone is 1. The molecule has 0 radical (unpaired) electrons. The van der Waals surface area contributed by atoms with Crippen molar-refractivity contribution in [3.63, 3.8) is 0 Å². The standard InChI is InChI=1S/C15H18O4/c1-3-7-14(16)19-12(2)15(17)18-11-10-13-8-5-4-6-9-13/h3-9,12H,10-11H2,1-2H3/b7-3+. The second-order valence-electron chi connectivity index (χ2n) is 3.98. The Hall–Kier alpha value is -2.10. The molecule has 0 amide bonds. The maximum atomic E-state index is 11.5. The molecule has 0 N–H and O–H groups in total. The van der Waals surface area contributed by atoms with E-state index in [0.29, 0.717) is 6.42 Å². The molecule has 0 aliphatic carbocycles. The average molecular weight is 262 g/mol. The van der Waals surface area contributed by atoms with Crippen LogP contribution in [-0.4, -0.2) is 24.6 Å². The van der Waals surface area contributed by atoms with Crippen LogP contribution in [0, 0.1) is 0 Å². The molecule has 1 unspecified atom stereocenters. The zero-order valence-electron chi connectivity index (χ0n) is 11.2. The van der Waals surface area contributed by atoms with Crippen molar-refractivity contribution in [3.05, 3.63) is 48.0 Å². The van der Waals surface area contributed by atoms with E-state index in [-0.39, 0.29) is 6.61 Å². The van der Waals surface area contributed by atoms with Gasteiger partial charge in [0.15, 0.2) is 6.10 Å². The number of benzene rings is 1. The van der Waals surface area contributed by atoms with Crippen LogP contribution in [0.25, 0.3) is 0 Å². The summed E-state index contributed by atoms with van der Waals surface area (Å²) in [5.74, 6) is -1.08. The zero-order chi connectivity index (χ0) is 14.1. The molecular formula is C15H18O4. The van der Waals surface area contributed by atoms with Crippen LogP contribution < -0.4 is 0 Å². The Bertz CT molecular complexity index is 437. The lowest BCUT2D eigenvalue weighted by molar-refractivity contribution is -0.163. The number of carbonyl (C=O) groups excluding carboxylic acids is 2. The SMILES string of the molecule is C/C=C/C(=O)OC(C)C(=O)OCCc1ccccc1. The van der Waals surface area contributed by atoms with E-state index < -0.39 is 18.0 Å². The minimum atomic E-state index is -0.889. The predicted octanol–water partition coefficient (Wildman–Crippen LogP) is 2.28. The Kier molecular flexibility index (Phi) is 6.36. The first-order chi connectivity index (χ1) is 9.13. The Morgan fingerprint density at radius 1 is 1.26 bits per heavy atom. The van der Waals surface area contributed by atoms with E-state index in [1.165, 1.54) is 13.0 Å². The van der Waals surface area contributed by atoms with Crippen molar-refractivity contribution < 1.29 is 19.1 Å². The van der Waals surface area contributed by atoms with E-state index >= 15 is 0 Å². The van der Waals surface area contributed by atoms with Crippen molar-refractivity contribution in [3.8, 4) is 0 Å². The maximum Gasteiger partial charge on any atom is 0.347 e. The highest BCUT2D eigenvalue weighted by Gasteiger charge is 2.17. The molecule has 4 nitrogen and oxygen atoms in total. The Morgan fingerprint density at radius 3 is 2.58 bits per heavy atom. The van der Waals surface area contributed by atoms with Gasteiger partial charge in [0.1, 0.15) is 0 Å². The molecule has 0 spiro atoms. The monoisotopic (exact) mass is 262 g/mol. The van der Waals surface area contributed by atoms with Gasteiger partial charge in [-0.3, -0.25) is 0 Å². The quantitative estimate of drug-likeness (QED) is 0.583. The van der Waals surface area contributed by atoms with Gasteiger partial charge in [-0.2, -0.15) is 0 Å². The highest BCUT2D eigenvalue weighted by molar-refractivity contribution is 5.85. The molecule has 0 heterocycles. The van der Waals surface area contributed by atoms with Gasteiger partial charge in [-0.05, 0) is 19.4 Å². The lowest BCUT2D eigenvalue weighted by Gasteiger charge is -2.11. The highest BCUT2D eigenvalue weighted by Crippen LogP contribution is 2.02. The lowest BCUT2D eigenvalue weighted by atomic mass is 10.2. The van der Waals surface area contributed by atoms with Crippen molar-refractivity contribution in [2.45, 2.75) is 26.4 Å². The topological polar surface area (TPSA) is 52.6 Å². The molecule has 1 rings (SSSR count). The molecule has 0 aromatic heterocycles. The van der Waals surface area contributed by atoms with Crippen molar-refractivity contribution in [1.29, 1.82) is 0 Å². The Morgan fingerprint density at radius 2 is 1.95 bits per heavy atom. The fourth-order valence-corrected chi connectivity index (χ4v) is 1.43. The largest absolute Gasteiger partial charge is 0.463 e. The van der Waals surface area contributed by atoms with Crippen molar-refractivity contribution >= 4 is 11.9 Å². The van der Waals surface area contributed by atoms with Crippen LogP contribution in [-0.2, 0) is 25.5 Å². The molecule has 1 aromatic carbocycles. The van der Waals surface area contributed by atoms with Gasteiger partial charge in [0.2, 0.25) is 0 Å². The zero-order valence-corrected chi connectivity index (χ0v) is 11.2. The van der Waals surface area contributed by atoms with Crippen LogP contribution in [0.2, 0.25) is 0 Å². The lowest BCUT2D eigenvalue weighted by Crippen LogP contribution is -2.26. The van der Waals surface area contributed by atoms with Crippen molar-refractivity contribution in [2.24, 2.45) is 0 Å². The van der Waals surface area contributed by atoms with Gasteiger partial charge >= 0.3 is 11.9 Å². The summed E-state index contributed by atoms with van der Waals surface area (Å²) >= 11 is 0. The van der Waals surface area contributed by atoms with Crippen LogP contribution >= 0.6 is 0 Å². The van der Waals surface area contributed by atoms with Gasteiger partial charge in [-0.1, -0.05) is 36.4 Å². The molecule has 4 heteroatoms. The minimum Gasteiger partial charge on any atom is -0.463 e. The third kappa shape index (κ3) is 5.86. The van der Waals surface area contributed by atoms with E-state index in [0.717, 1.165) is 5.56 Å². The molecule has 1 aromatic rings. The number of esters is 2.